The Morgan fingerprint density at radius 3 is 2.30 bits per heavy atom. The maximum Gasteiger partial charge on any atom is 0.167 e. The third-order valence-corrected chi connectivity index (χ3v) is 3.86. The van der Waals surface area contributed by atoms with Crippen molar-refractivity contribution in [2.75, 3.05) is 14.2 Å². The van der Waals surface area contributed by atoms with Gasteiger partial charge < -0.3 is 19.7 Å². The van der Waals surface area contributed by atoms with E-state index in [4.69, 9.17) is 9.47 Å². The molecule has 0 bridgehead atoms. The molecular formula is C18H17NO4. The number of pyridine rings is 1. The summed E-state index contributed by atoms with van der Waals surface area (Å²) in [6.45, 7) is 0. The number of ether oxygens (including phenoxy) is 2. The van der Waals surface area contributed by atoms with E-state index in [1.165, 1.54) is 14.2 Å². The SMILES string of the molecule is COc1cccc(Cc2cncc3c(O)c(OC)ccc23)c1O. The summed E-state index contributed by atoms with van der Waals surface area (Å²) < 4.78 is 10.3. The van der Waals surface area contributed by atoms with Crippen molar-refractivity contribution in [2.24, 2.45) is 0 Å². The van der Waals surface area contributed by atoms with E-state index in [-0.39, 0.29) is 11.5 Å². The van der Waals surface area contributed by atoms with Gasteiger partial charge in [0.15, 0.2) is 23.0 Å². The minimum absolute atomic E-state index is 0.0641. The molecule has 0 saturated carbocycles. The molecule has 3 rings (SSSR count). The van der Waals surface area contributed by atoms with Gasteiger partial charge in [0.25, 0.3) is 0 Å². The van der Waals surface area contributed by atoms with Crippen LogP contribution in [0.5, 0.6) is 23.0 Å². The van der Waals surface area contributed by atoms with Gasteiger partial charge in [-0.05, 0) is 23.1 Å². The fourth-order valence-electron chi connectivity index (χ4n) is 2.66. The number of aromatic nitrogens is 1. The van der Waals surface area contributed by atoms with Crippen LogP contribution in [0.1, 0.15) is 11.1 Å². The van der Waals surface area contributed by atoms with E-state index >= 15 is 0 Å². The van der Waals surface area contributed by atoms with Crippen LogP contribution in [0.4, 0.5) is 0 Å². The molecule has 2 N–H and O–H groups in total. The number of para-hydroxylation sites is 1. The maximum absolute atomic E-state index is 10.2. The quantitative estimate of drug-likeness (QED) is 0.774. The zero-order chi connectivity index (χ0) is 16.4. The largest absolute Gasteiger partial charge is 0.504 e. The number of benzene rings is 2. The van der Waals surface area contributed by atoms with Gasteiger partial charge in [0.1, 0.15) is 0 Å². The van der Waals surface area contributed by atoms with Crippen molar-refractivity contribution in [3.05, 3.63) is 53.9 Å². The summed E-state index contributed by atoms with van der Waals surface area (Å²) in [6, 6.07) is 8.96. The molecule has 23 heavy (non-hydrogen) atoms. The molecule has 0 saturated heterocycles. The van der Waals surface area contributed by atoms with Gasteiger partial charge in [0, 0.05) is 29.8 Å². The summed E-state index contributed by atoms with van der Waals surface area (Å²) in [5.74, 6) is 1.01. The number of nitrogens with zero attached hydrogens (tertiary/aromatic N) is 1. The second-order valence-corrected chi connectivity index (χ2v) is 5.15. The zero-order valence-corrected chi connectivity index (χ0v) is 12.9. The number of hydrogen-bond acceptors (Lipinski definition) is 5. The molecule has 0 radical (unpaired) electrons. The van der Waals surface area contributed by atoms with Gasteiger partial charge in [-0.2, -0.15) is 0 Å². The molecule has 0 spiro atoms. The molecule has 2 aromatic carbocycles. The van der Waals surface area contributed by atoms with Crippen LogP contribution in [-0.4, -0.2) is 29.4 Å². The van der Waals surface area contributed by atoms with E-state index in [0.29, 0.717) is 23.3 Å². The minimum Gasteiger partial charge on any atom is -0.504 e. The molecule has 0 atom stereocenters. The van der Waals surface area contributed by atoms with Crippen LogP contribution in [0.2, 0.25) is 0 Å². The van der Waals surface area contributed by atoms with Crippen molar-refractivity contribution in [1.29, 1.82) is 0 Å². The third-order valence-electron chi connectivity index (χ3n) is 3.86. The van der Waals surface area contributed by atoms with Gasteiger partial charge in [-0.1, -0.05) is 18.2 Å². The molecule has 1 heterocycles. The summed E-state index contributed by atoms with van der Waals surface area (Å²) in [6.07, 6.45) is 3.80. The number of rotatable bonds is 4. The predicted molar refractivity (Wildman–Crippen MR) is 87.4 cm³/mol. The van der Waals surface area contributed by atoms with E-state index in [9.17, 15) is 10.2 Å². The van der Waals surface area contributed by atoms with Crippen LogP contribution in [0.25, 0.3) is 10.8 Å². The maximum atomic E-state index is 10.2. The van der Waals surface area contributed by atoms with Gasteiger partial charge in [0.2, 0.25) is 0 Å². The molecule has 5 heteroatoms. The zero-order valence-electron chi connectivity index (χ0n) is 12.9. The Kier molecular flexibility index (Phi) is 3.93. The number of hydrogen-bond donors (Lipinski definition) is 2. The topological polar surface area (TPSA) is 71.8 Å². The van der Waals surface area contributed by atoms with Gasteiger partial charge in [0.05, 0.1) is 14.2 Å². The molecule has 0 aliphatic rings. The van der Waals surface area contributed by atoms with Gasteiger partial charge in [-0.3, -0.25) is 4.98 Å². The normalized spacial score (nSPS) is 10.7. The first-order chi connectivity index (χ1) is 11.2. The molecule has 0 amide bonds. The monoisotopic (exact) mass is 311 g/mol. The van der Waals surface area contributed by atoms with Crippen molar-refractivity contribution >= 4 is 10.8 Å². The minimum atomic E-state index is 0.0641. The fourth-order valence-corrected chi connectivity index (χ4v) is 2.66. The first-order valence-corrected chi connectivity index (χ1v) is 7.13. The highest BCUT2D eigenvalue weighted by atomic mass is 16.5. The average Bonchev–Trinajstić information content (AvgIpc) is 2.58. The Morgan fingerprint density at radius 2 is 1.57 bits per heavy atom. The standard InChI is InChI=1S/C18H17NO4/c1-22-15-5-3-4-11(17(15)20)8-12-9-19-10-14-13(12)6-7-16(23-2)18(14)21/h3-7,9-10,20-21H,8H2,1-2H3. The molecule has 0 fully saturated rings. The second kappa shape index (κ2) is 6.04. The molecule has 3 aromatic rings. The number of phenolic OH excluding ortho intramolecular Hbond substituents is 2. The highest BCUT2D eigenvalue weighted by molar-refractivity contribution is 5.92. The van der Waals surface area contributed by atoms with Gasteiger partial charge in [-0.25, -0.2) is 0 Å². The fraction of sp³-hybridized carbons (Fsp3) is 0.167. The molecule has 118 valence electrons. The van der Waals surface area contributed by atoms with Crippen LogP contribution in [0.15, 0.2) is 42.7 Å². The molecule has 0 unspecified atom stereocenters. The number of fused-ring (bicyclic) bond motifs is 1. The van der Waals surface area contributed by atoms with E-state index in [0.717, 1.165) is 16.5 Å². The number of methoxy groups -OCH3 is 2. The highest BCUT2D eigenvalue weighted by Gasteiger charge is 2.13. The third kappa shape index (κ3) is 2.61. The van der Waals surface area contributed by atoms with E-state index in [1.54, 1.807) is 24.5 Å². The van der Waals surface area contributed by atoms with Gasteiger partial charge >= 0.3 is 0 Å². The lowest BCUT2D eigenvalue weighted by Crippen LogP contribution is -1.95. The second-order valence-electron chi connectivity index (χ2n) is 5.15. The smallest absolute Gasteiger partial charge is 0.167 e. The molecule has 0 aliphatic heterocycles. The Balaban J connectivity index is 2.09. The molecular weight excluding hydrogens is 294 g/mol. The number of aromatic hydroxyl groups is 2. The lowest BCUT2D eigenvalue weighted by atomic mass is 9.99. The van der Waals surface area contributed by atoms with Crippen LogP contribution in [0.3, 0.4) is 0 Å². The Hall–Kier alpha value is -2.95. The van der Waals surface area contributed by atoms with Crippen LogP contribution >= 0.6 is 0 Å². The average molecular weight is 311 g/mol. The van der Waals surface area contributed by atoms with E-state index in [1.807, 2.05) is 18.2 Å². The highest BCUT2D eigenvalue weighted by Crippen LogP contribution is 2.37. The van der Waals surface area contributed by atoms with Crippen LogP contribution in [-0.2, 0) is 6.42 Å². The summed E-state index contributed by atoms with van der Waals surface area (Å²) in [5.41, 5.74) is 1.62. The van der Waals surface area contributed by atoms with Gasteiger partial charge in [-0.15, -0.1) is 0 Å². The predicted octanol–water partition coefficient (Wildman–Crippen LogP) is 3.25. The summed E-state index contributed by atoms with van der Waals surface area (Å²) >= 11 is 0. The molecule has 1 aromatic heterocycles. The van der Waals surface area contributed by atoms with Crippen molar-refractivity contribution < 1.29 is 19.7 Å². The summed E-state index contributed by atoms with van der Waals surface area (Å²) in [4.78, 5) is 4.19. The lowest BCUT2D eigenvalue weighted by molar-refractivity contribution is 0.371. The van der Waals surface area contributed by atoms with Crippen molar-refractivity contribution in [3.63, 3.8) is 0 Å². The first-order valence-electron chi connectivity index (χ1n) is 7.13. The van der Waals surface area contributed by atoms with Crippen LogP contribution < -0.4 is 9.47 Å². The van der Waals surface area contributed by atoms with Crippen molar-refractivity contribution in [1.82, 2.24) is 4.98 Å². The lowest BCUT2D eigenvalue weighted by Gasteiger charge is -2.12. The number of phenols is 2. The van der Waals surface area contributed by atoms with E-state index in [2.05, 4.69) is 4.98 Å². The Labute approximate surface area is 133 Å². The van der Waals surface area contributed by atoms with Crippen LogP contribution in [0, 0.1) is 0 Å². The Bertz CT molecular complexity index is 861. The van der Waals surface area contributed by atoms with Crippen molar-refractivity contribution in [3.8, 4) is 23.0 Å². The van der Waals surface area contributed by atoms with Crippen molar-refractivity contribution in [2.45, 2.75) is 6.42 Å². The van der Waals surface area contributed by atoms with E-state index < -0.39 is 0 Å². The molecule has 0 aliphatic carbocycles. The summed E-state index contributed by atoms with van der Waals surface area (Å²) in [7, 11) is 3.02. The first kappa shape index (κ1) is 15.0. The molecule has 5 nitrogen and oxygen atoms in total. The Morgan fingerprint density at radius 1 is 0.826 bits per heavy atom. The summed E-state index contributed by atoms with van der Waals surface area (Å²) in [5, 5.41) is 22.0.